The monoisotopic (exact) mass is 292 g/mol. The summed E-state index contributed by atoms with van der Waals surface area (Å²) in [6, 6.07) is 7.91. The standard InChI is InChI=1S/C15H20N2O2S/c1-11-10-17-15(20-11)12(2)16-8-9-19-14-7-5-4-6-13(14)18-3/h4-7,10,12,16H,8-9H2,1-3H3. The number of rotatable bonds is 7. The van der Waals surface area contributed by atoms with Crippen LogP contribution in [0.5, 0.6) is 11.5 Å². The summed E-state index contributed by atoms with van der Waals surface area (Å²) in [5.41, 5.74) is 0. The first kappa shape index (κ1) is 14.8. The average Bonchev–Trinajstić information content (AvgIpc) is 2.90. The molecule has 0 aliphatic heterocycles. The zero-order chi connectivity index (χ0) is 14.4. The molecule has 1 atom stereocenters. The molecule has 108 valence electrons. The summed E-state index contributed by atoms with van der Waals surface area (Å²) in [7, 11) is 1.65. The van der Waals surface area contributed by atoms with Gasteiger partial charge in [0, 0.05) is 17.6 Å². The highest BCUT2D eigenvalue weighted by Gasteiger charge is 2.08. The molecule has 4 nitrogen and oxygen atoms in total. The van der Waals surface area contributed by atoms with Crippen molar-refractivity contribution >= 4 is 11.3 Å². The van der Waals surface area contributed by atoms with Gasteiger partial charge in [-0.1, -0.05) is 12.1 Å². The van der Waals surface area contributed by atoms with Gasteiger partial charge in [0.2, 0.25) is 0 Å². The molecule has 0 bridgehead atoms. The fraction of sp³-hybridized carbons (Fsp3) is 0.400. The minimum absolute atomic E-state index is 0.245. The van der Waals surface area contributed by atoms with Crippen LogP contribution in [0.2, 0.25) is 0 Å². The molecule has 0 saturated carbocycles. The van der Waals surface area contributed by atoms with Gasteiger partial charge in [0.1, 0.15) is 11.6 Å². The Morgan fingerprint density at radius 3 is 2.70 bits per heavy atom. The van der Waals surface area contributed by atoms with Crippen LogP contribution in [0.1, 0.15) is 22.9 Å². The van der Waals surface area contributed by atoms with Gasteiger partial charge in [0.15, 0.2) is 11.5 Å². The van der Waals surface area contributed by atoms with Crippen LogP contribution in [0.15, 0.2) is 30.5 Å². The Hall–Kier alpha value is -1.59. The number of thiazole rings is 1. The van der Waals surface area contributed by atoms with Crippen LogP contribution in [-0.2, 0) is 0 Å². The predicted octanol–water partition coefficient (Wildman–Crippen LogP) is 3.19. The molecule has 1 aromatic heterocycles. The van der Waals surface area contributed by atoms with Crippen LogP contribution in [0.4, 0.5) is 0 Å². The zero-order valence-corrected chi connectivity index (χ0v) is 12.9. The first-order valence-electron chi connectivity index (χ1n) is 6.62. The van der Waals surface area contributed by atoms with Gasteiger partial charge >= 0.3 is 0 Å². The number of nitrogens with one attached hydrogen (secondary N) is 1. The van der Waals surface area contributed by atoms with Crippen LogP contribution < -0.4 is 14.8 Å². The molecule has 0 amide bonds. The van der Waals surface area contributed by atoms with Gasteiger partial charge in [-0.25, -0.2) is 4.98 Å². The third-order valence-electron chi connectivity index (χ3n) is 2.89. The van der Waals surface area contributed by atoms with E-state index in [0.717, 1.165) is 23.1 Å². The maximum atomic E-state index is 5.72. The Labute approximate surface area is 123 Å². The SMILES string of the molecule is COc1ccccc1OCCNC(C)c1ncc(C)s1. The van der Waals surface area contributed by atoms with Crippen molar-refractivity contribution in [2.24, 2.45) is 0 Å². The van der Waals surface area contributed by atoms with Gasteiger partial charge in [-0.05, 0) is 26.0 Å². The molecular formula is C15H20N2O2S. The van der Waals surface area contributed by atoms with Crippen molar-refractivity contribution in [1.29, 1.82) is 0 Å². The van der Waals surface area contributed by atoms with Crippen molar-refractivity contribution in [2.45, 2.75) is 19.9 Å². The Bertz CT molecular complexity index is 542. The number of hydrogen-bond donors (Lipinski definition) is 1. The Morgan fingerprint density at radius 2 is 2.05 bits per heavy atom. The topological polar surface area (TPSA) is 43.4 Å². The highest BCUT2D eigenvalue weighted by molar-refractivity contribution is 7.11. The number of methoxy groups -OCH3 is 1. The smallest absolute Gasteiger partial charge is 0.161 e. The van der Waals surface area contributed by atoms with Crippen LogP contribution in [0.3, 0.4) is 0 Å². The molecule has 1 heterocycles. The lowest BCUT2D eigenvalue weighted by Crippen LogP contribution is -2.24. The Balaban J connectivity index is 1.76. The molecule has 2 aromatic rings. The first-order chi connectivity index (χ1) is 9.70. The molecule has 0 aliphatic carbocycles. The molecule has 20 heavy (non-hydrogen) atoms. The van der Waals surface area contributed by atoms with Crippen LogP contribution >= 0.6 is 11.3 Å². The van der Waals surface area contributed by atoms with Crippen molar-refractivity contribution in [3.63, 3.8) is 0 Å². The Kier molecular flexibility index (Phi) is 5.38. The molecule has 0 radical (unpaired) electrons. The summed E-state index contributed by atoms with van der Waals surface area (Å²) in [5.74, 6) is 1.53. The number of aryl methyl sites for hydroxylation is 1. The lowest BCUT2D eigenvalue weighted by atomic mass is 10.3. The second-order valence-corrected chi connectivity index (χ2v) is 5.75. The van der Waals surface area contributed by atoms with Crippen LogP contribution in [-0.4, -0.2) is 25.2 Å². The summed E-state index contributed by atoms with van der Waals surface area (Å²) in [4.78, 5) is 5.61. The van der Waals surface area contributed by atoms with Crippen molar-refractivity contribution < 1.29 is 9.47 Å². The normalized spacial score (nSPS) is 12.2. The van der Waals surface area contributed by atoms with E-state index < -0.39 is 0 Å². The molecule has 0 spiro atoms. The second kappa shape index (κ2) is 7.26. The number of ether oxygens (including phenoxy) is 2. The van der Waals surface area contributed by atoms with Crippen molar-refractivity contribution in [1.82, 2.24) is 10.3 Å². The fourth-order valence-electron chi connectivity index (χ4n) is 1.83. The minimum Gasteiger partial charge on any atom is -0.493 e. The van der Waals surface area contributed by atoms with E-state index in [4.69, 9.17) is 9.47 Å². The first-order valence-corrected chi connectivity index (χ1v) is 7.44. The van der Waals surface area contributed by atoms with E-state index in [1.807, 2.05) is 30.5 Å². The summed E-state index contributed by atoms with van der Waals surface area (Å²) < 4.78 is 11.0. The predicted molar refractivity (Wildman–Crippen MR) is 81.8 cm³/mol. The van der Waals surface area contributed by atoms with Crippen molar-refractivity contribution in [2.75, 3.05) is 20.3 Å². The quantitative estimate of drug-likeness (QED) is 0.796. The van der Waals surface area contributed by atoms with E-state index in [0.29, 0.717) is 6.61 Å². The van der Waals surface area contributed by atoms with Crippen molar-refractivity contribution in [3.8, 4) is 11.5 Å². The van der Waals surface area contributed by atoms with E-state index in [1.54, 1.807) is 18.4 Å². The number of nitrogens with zero attached hydrogens (tertiary/aromatic N) is 1. The maximum Gasteiger partial charge on any atom is 0.161 e. The van der Waals surface area contributed by atoms with Gasteiger partial charge in [-0.15, -0.1) is 11.3 Å². The average molecular weight is 292 g/mol. The summed E-state index contributed by atoms with van der Waals surface area (Å²) in [6.07, 6.45) is 1.91. The zero-order valence-electron chi connectivity index (χ0n) is 12.1. The van der Waals surface area contributed by atoms with E-state index in [9.17, 15) is 0 Å². The van der Waals surface area contributed by atoms with Crippen LogP contribution in [0, 0.1) is 6.92 Å². The van der Waals surface area contributed by atoms with Crippen LogP contribution in [0.25, 0.3) is 0 Å². The number of para-hydroxylation sites is 2. The van der Waals surface area contributed by atoms with Gasteiger partial charge in [-0.3, -0.25) is 0 Å². The summed E-state index contributed by atoms with van der Waals surface area (Å²) >= 11 is 1.72. The number of aromatic nitrogens is 1. The lowest BCUT2D eigenvalue weighted by Gasteiger charge is -2.13. The lowest BCUT2D eigenvalue weighted by molar-refractivity contribution is 0.287. The van der Waals surface area contributed by atoms with Gasteiger partial charge < -0.3 is 14.8 Å². The largest absolute Gasteiger partial charge is 0.493 e. The maximum absolute atomic E-state index is 5.72. The molecule has 0 aliphatic rings. The van der Waals surface area contributed by atoms with Gasteiger partial charge in [0.25, 0.3) is 0 Å². The Morgan fingerprint density at radius 1 is 1.30 bits per heavy atom. The van der Waals surface area contributed by atoms with E-state index >= 15 is 0 Å². The molecule has 0 saturated heterocycles. The van der Waals surface area contributed by atoms with Gasteiger partial charge in [-0.2, -0.15) is 0 Å². The molecule has 1 N–H and O–H groups in total. The molecule has 0 fully saturated rings. The summed E-state index contributed by atoms with van der Waals surface area (Å²) in [6.45, 7) is 5.53. The molecule has 5 heteroatoms. The highest BCUT2D eigenvalue weighted by Crippen LogP contribution is 2.25. The third kappa shape index (κ3) is 3.95. The molecule has 1 unspecified atom stereocenters. The third-order valence-corrected chi connectivity index (χ3v) is 3.98. The van der Waals surface area contributed by atoms with Gasteiger partial charge in [0.05, 0.1) is 13.2 Å². The molecular weight excluding hydrogens is 272 g/mol. The number of benzene rings is 1. The highest BCUT2D eigenvalue weighted by atomic mass is 32.1. The summed E-state index contributed by atoms with van der Waals surface area (Å²) in [5, 5.41) is 4.51. The second-order valence-electron chi connectivity index (χ2n) is 4.48. The van der Waals surface area contributed by atoms with E-state index in [-0.39, 0.29) is 6.04 Å². The van der Waals surface area contributed by atoms with Crippen molar-refractivity contribution in [3.05, 3.63) is 40.3 Å². The van der Waals surface area contributed by atoms with E-state index in [2.05, 4.69) is 24.1 Å². The fourth-order valence-corrected chi connectivity index (χ4v) is 2.63. The minimum atomic E-state index is 0.245. The number of hydrogen-bond acceptors (Lipinski definition) is 5. The molecule has 1 aromatic carbocycles. The molecule has 2 rings (SSSR count). The van der Waals surface area contributed by atoms with E-state index in [1.165, 1.54) is 4.88 Å².